The number of benzene rings is 2. The number of anilines is 1. The van der Waals surface area contributed by atoms with E-state index < -0.39 is 98.2 Å². The number of carbonyl (C=O) groups excluding carboxylic acids is 4. The van der Waals surface area contributed by atoms with Crippen molar-refractivity contribution >= 4 is 52.5 Å². The van der Waals surface area contributed by atoms with Crippen LogP contribution in [0.3, 0.4) is 0 Å². The smallest absolute Gasteiger partial charge is 0.258 e. The number of methoxy groups -OCH3 is 2. The summed E-state index contributed by atoms with van der Waals surface area (Å²) in [5.41, 5.74) is -1.74. The molecule has 1 saturated carbocycles. The van der Waals surface area contributed by atoms with E-state index in [4.69, 9.17) is 32.7 Å². The van der Waals surface area contributed by atoms with Gasteiger partial charge in [0.2, 0.25) is 17.6 Å². The first-order valence-electron chi connectivity index (χ1n) is 14.4. The molecule has 2 aromatic carbocycles. The molecule has 47 heavy (non-hydrogen) atoms. The van der Waals surface area contributed by atoms with Crippen molar-refractivity contribution in [2.45, 2.75) is 41.9 Å². The maximum atomic E-state index is 15.2. The highest BCUT2D eigenvalue weighted by Gasteiger charge is 2.77. The van der Waals surface area contributed by atoms with Crippen molar-refractivity contribution in [3.05, 3.63) is 58.4 Å². The first-order chi connectivity index (χ1) is 22.1. The number of halogens is 7. The Kier molecular flexibility index (Phi) is 7.78. The van der Waals surface area contributed by atoms with Crippen LogP contribution in [0.4, 0.5) is 27.6 Å². The molecule has 250 valence electrons. The van der Waals surface area contributed by atoms with Crippen LogP contribution >= 0.6 is 23.2 Å². The van der Waals surface area contributed by atoms with Crippen LogP contribution < -0.4 is 14.4 Å². The highest BCUT2D eigenvalue weighted by atomic mass is 35.5. The number of rotatable bonds is 6. The quantitative estimate of drug-likeness (QED) is 0.112. The third-order valence-corrected chi connectivity index (χ3v) is 11.0. The number of fused-ring (bicyclic) bond motifs is 4. The molecule has 4 aliphatic rings. The summed E-state index contributed by atoms with van der Waals surface area (Å²) >= 11 is 14.3. The van der Waals surface area contributed by atoms with Crippen molar-refractivity contribution in [1.29, 1.82) is 0 Å². The van der Waals surface area contributed by atoms with Gasteiger partial charge >= 0.3 is 0 Å². The second-order valence-electron chi connectivity index (χ2n) is 11.8. The van der Waals surface area contributed by atoms with Crippen LogP contribution in [0.5, 0.6) is 17.2 Å². The van der Waals surface area contributed by atoms with E-state index >= 15 is 8.78 Å². The van der Waals surface area contributed by atoms with Gasteiger partial charge in [-0.2, -0.15) is 0 Å². The lowest BCUT2D eigenvalue weighted by Crippen LogP contribution is -2.60. The third kappa shape index (κ3) is 4.12. The number of aromatic hydroxyl groups is 1. The first kappa shape index (κ1) is 33.0. The van der Waals surface area contributed by atoms with Crippen molar-refractivity contribution in [2.75, 3.05) is 25.7 Å². The van der Waals surface area contributed by atoms with Crippen LogP contribution in [0.2, 0.25) is 0 Å². The Balaban J connectivity index is 1.65. The number of alkyl halides is 2. The Labute approximate surface area is 273 Å². The molecular weight excluding hydrogens is 678 g/mol. The van der Waals surface area contributed by atoms with E-state index in [0.29, 0.717) is 6.42 Å². The predicted molar refractivity (Wildman–Crippen MR) is 155 cm³/mol. The molecule has 0 aromatic heterocycles. The largest absolute Gasteiger partial charge is 0.508 e. The van der Waals surface area contributed by atoms with Gasteiger partial charge in [0.15, 0.2) is 33.0 Å². The van der Waals surface area contributed by atoms with E-state index in [1.54, 1.807) is 13.0 Å². The summed E-state index contributed by atoms with van der Waals surface area (Å²) < 4.78 is 84.2. The van der Waals surface area contributed by atoms with Crippen LogP contribution in [-0.4, -0.2) is 64.1 Å². The number of hydrogen-bond acceptors (Lipinski definition) is 7. The summed E-state index contributed by atoms with van der Waals surface area (Å²) in [5.74, 6) is -22.0. The second-order valence-corrected chi connectivity index (χ2v) is 13.0. The molecule has 3 fully saturated rings. The lowest BCUT2D eigenvalue weighted by molar-refractivity contribution is -0.140. The van der Waals surface area contributed by atoms with Crippen molar-refractivity contribution in [3.63, 3.8) is 0 Å². The molecule has 9 nitrogen and oxygen atoms in total. The summed E-state index contributed by atoms with van der Waals surface area (Å²) in [6.45, 7) is 1.87. The average molecular weight is 703 g/mol. The zero-order valence-electron chi connectivity index (χ0n) is 24.8. The topological polar surface area (TPSA) is 113 Å². The van der Waals surface area contributed by atoms with Gasteiger partial charge in [0.25, 0.3) is 11.8 Å². The Bertz CT molecular complexity index is 1770. The molecule has 2 aromatic rings. The Morgan fingerprint density at radius 2 is 1.43 bits per heavy atom. The molecular formula is C31H25Cl2F5N2O7. The van der Waals surface area contributed by atoms with Gasteiger partial charge in [-0.05, 0) is 25.2 Å². The highest BCUT2D eigenvalue weighted by molar-refractivity contribution is 6.58. The summed E-state index contributed by atoms with van der Waals surface area (Å²) in [7, 11) is 2.39. The van der Waals surface area contributed by atoms with E-state index in [-0.39, 0.29) is 46.3 Å². The number of hydrogen-bond donors (Lipinski definition) is 1. The van der Waals surface area contributed by atoms with E-state index in [1.807, 2.05) is 0 Å². The van der Waals surface area contributed by atoms with Gasteiger partial charge in [-0.25, -0.2) is 26.9 Å². The molecule has 2 aliphatic carbocycles. The molecule has 2 aliphatic heterocycles. The maximum absolute atomic E-state index is 15.2. The molecule has 16 heteroatoms. The summed E-state index contributed by atoms with van der Waals surface area (Å²) in [5, 5.41) is 10.4. The third-order valence-electron chi connectivity index (χ3n) is 9.58. The first-order valence-corrected chi connectivity index (χ1v) is 15.2. The molecule has 2 heterocycles. The number of ether oxygens (including phenoxy) is 2. The number of phenols is 1. The van der Waals surface area contributed by atoms with E-state index in [9.17, 15) is 37.5 Å². The predicted octanol–water partition coefficient (Wildman–Crippen LogP) is 5.08. The van der Waals surface area contributed by atoms with Gasteiger partial charge in [-0.1, -0.05) is 18.6 Å². The molecule has 6 atom stereocenters. The second kappa shape index (κ2) is 11.1. The van der Waals surface area contributed by atoms with Crippen molar-refractivity contribution < 1.29 is 55.7 Å². The van der Waals surface area contributed by atoms with Crippen LogP contribution in [-0.2, 0) is 19.2 Å². The Morgan fingerprint density at radius 1 is 0.872 bits per heavy atom. The Hall–Kier alpha value is -3.91. The molecule has 0 bridgehead atoms. The zero-order chi connectivity index (χ0) is 34.5. The van der Waals surface area contributed by atoms with Gasteiger partial charge in [-0.15, -0.1) is 23.2 Å². The average Bonchev–Trinajstić information content (AvgIpc) is 3.37. The van der Waals surface area contributed by atoms with Gasteiger partial charge in [0, 0.05) is 30.2 Å². The van der Waals surface area contributed by atoms with Gasteiger partial charge in [0.05, 0.1) is 26.1 Å². The fourth-order valence-corrected chi connectivity index (χ4v) is 8.52. The minimum absolute atomic E-state index is 0.00769. The molecule has 4 amide bonds. The number of phenolic OH excluding ortho intramolecular Hbond substituents is 1. The van der Waals surface area contributed by atoms with Gasteiger partial charge in [-0.3, -0.25) is 24.1 Å². The molecule has 0 radical (unpaired) electrons. The molecule has 0 spiro atoms. The molecule has 2 saturated heterocycles. The fourth-order valence-electron chi connectivity index (χ4n) is 7.60. The van der Waals surface area contributed by atoms with Crippen LogP contribution in [0.1, 0.15) is 37.7 Å². The number of nitrogens with zero attached hydrogens (tertiary/aromatic N) is 2. The van der Waals surface area contributed by atoms with Crippen LogP contribution in [0.15, 0.2) is 23.8 Å². The summed E-state index contributed by atoms with van der Waals surface area (Å²) in [6, 6.07) is 2.25. The maximum Gasteiger partial charge on any atom is 0.258 e. The van der Waals surface area contributed by atoms with Crippen LogP contribution in [0.25, 0.3) is 0 Å². The number of carbonyl (C=O) groups is 4. The zero-order valence-corrected chi connectivity index (χ0v) is 26.3. The lowest BCUT2D eigenvalue weighted by atomic mass is 9.56. The number of likely N-dealkylation sites (tertiary alicyclic amines) is 1. The van der Waals surface area contributed by atoms with Crippen molar-refractivity contribution in [1.82, 2.24) is 4.90 Å². The Morgan fingerprint density at radius 3 is 1.96 bits per heavy atom. The highest BCUT2D eigenvalue weighted by Crippen LogP contribution is 2.67. The van der Waals surface area contributed by atoms with Gasteiger partial charge in [0.1, 0.15) is 22.9 Å². The SMILES string of the molecule is CCCN1C(=O)C2CC=C3C(CC4(Cl)C(=O)N(c5c(F)c(F)c(F)c(F)c5F)C(=O)C4(Cl)C3c3c(OC)cc(O)cc3OC)C2C1=O. The lowest BCUT2D eigenvalue weighted by Gasteiger charge is -2.51. The van der Waals surface area contributed by atoms with Gasteiger partial charge < -0.3 is 14.6 Å². The fraction of sp³-hybridized carbons (Fsp3) is 0.419. The standard InChI is InChI=1S/C31H25Cl2F5N2O7/c1-4-7-39-26(42)13-6-5-12-14(17(13)27(39)43)10-30(32)28(44)40(25-23(37)21(35)20(34)22(36)24(25)38)29(45)31(30,33)19(12)18-15(46-2)8-11(41)9-16(18)47-3/h5,8-9,13-14,17,19,41H,4,6-7,10H2,1-3H3. The van der Waals surface area contributed by atoms with Crippen molar-refractivity contribution in [3.8, 4) is 17.2 Å². The summed E-state index contributed by atoms with van der Waals surface area (Å²) in [4.78, 5) is 51.1. The summed E-state index contributed by atoms with van der Waals surface area (Å²) in [6.07, 6.45) is 1.36. The molecule has 6 unspecified atom stereocenters. The van der Waals surface area contributed by atoms with Crippen molar-refractivity contribution in [2.24, 2.45) is 17.8 Å². The molecule has 1 N–H and O–H groups in total. The molecule has 6 rings (SSSR count). The number of amides is 4. The van der Waals surface area contributed by atoms with Crippen LogP contribution in [0, 0.1) is 46.8 Å². The minimum atomic E-state index is -2.77. The number of allylic oxidation sites excluding steroid dienone is 2. The minimum Gasteiger partial charge on any atom is -0.508 e. The number of imide groups is 2. The normalized spacial score (nSPS) is 30.0. The monoisotopic (exact) mass is 702 g/mol. The van der Waals surface area contributed by atoms with E-state index in [1.165, 1.54) is 14.2 Å². The van der Waals surface area contributed by atoms with E-state index in [0.717, 1.165) is 17.0 Å². The van der Waals surface area contributed by atoms with E-state index in [2.05, 4.69) is 0 Å².